The minimum atomic E-state index is -0.0489. The van der Waals surface area contributed by atoms with Crippen molar-refractivity contribution >= 4 is 11.7 Å². The van der Waals surface area contributed by atoms with Crippen LogP contribution in [0.5, 0.6) is 0 Å². The molecule has 2 aliphatic rings. The Hall–Kier alpha value is -2.30. The molecule has 1 aromatic heterocycles. The highest BCUT2D eigenvalue weighted by Gasteiger charge is 2.19. The van der Waals surface area contributed by atoms with Crippen LogP contribution < -0.4 is 5.56 Å². The van der Waals surface area contributed by atoms with Crippen molar-refractivity contribution in [2.45, 2.75) is 6.67 Å². The van der Waals surface area contributed by atoms with Crippen molar-refractivity contribution in [1.29, 1.82) is 0 Å². The Morgan fingerprint density at radius 2 is 2.24 bits per heavy atom. The molecule has 17 heavy (non-hydrogen) atoms. The van der Waals surface area contributed by atoms with E-state index in [0.29, 0.717) is 12.5 Å². The molecule has 0 aliphatic carbocycles. The van der Waals surface area contributed by atoms with E-state index in [-0.39, 0.29) is 5.56 Å². The van der Waals surface area contributed by atoms with Gasteiger partial charge in [-0.15, -0.1) is 0 Å². The SMILES string of the molecule is COC1=CN2Cn3c(cccc3=O)N=C2C=C1. The summed E-state index contributed by atoms with van der Waals surface area (Å²) in [6, 6.07) is 5.08. The molecule has 5 heteroatoms. The van der Waals surface area contributed by atoms with Gasteiger partial charge < -0.3 is 9.64 Å². The maximum absolute atomic E-state index is 11.7. The quantitative estimate of drug-likeness (QED) is 0.727. The van der Waals surface area contributed by atoms with Gasteiger partial charge in [0.15, 0.2) is 0 Å². The molecule has 0 amide bonds. The fourth-order valence-corrected chi connectivity index (χ4v) is 1.87. The lowest BCUT2D eigenvalue weighted by atomic mass is 10.3. The molecule has 0 atom stereocenters. The second-order valence-corrected chi connectivity index (χ2v) is 3.80. The van der Waals surface area contributed by atoms with Crippen molar-refractivity contribution in [2.24, 2.45) is 4.99 Å². The Balaban J connectivity index is 2.10. The van der Waals surface area contributed by atoms with Gasteiger partial charge in [-0.25, -0.2) is 4.99 Å². The molecule has 0 spiro atoms. The van der Waals surface area contributed by atoms with E-state index in [9.17, 15) is 4.79 Å². The van der Waals surface area contributed by atoms with E-state index >= 15 is 0 Å². The third kappa shape index (κ3) is 1.56. The van der Waals surface area contributed by atoms with Gasteiger partial charge in [0.1, 0.15) is 24.1 Å². The Bertz CT molecular complexity index is 610. The molecule has 0 radical (unpaired) electrons. The number of nitrogens with zero attached hydrogens (tertiary/aromatic N) is 3. The van der Waals surface area contributed by atoms with Crippen LogP contribution in [-0.4, -0.2) is 22.4 Å². The molecule has 2 aliphatic heterocycles. The normalized spacial score (nSPS) is 16.9. The van der Waals surface area contributed by atoms with Gasteiger partial charge in [0.25, 0.3) is 5.56 Å². The monoisotopic (exact) mass is 229 g/mol. The number of ether oxygens (including phenoxy) is 1. The number of amidine groups is 1. The highest BCUT2D eigenvalue weighted by Crippen LogP contribution is 2.21. The zero-order chi connectivity index (χ0) is 11.8. The lowest BCUT2D eigenvalue weighted by Gasteiger charge is -2.29. The van der Waals surface area contributed by atoms with E-state index in [2.05, 4.69) is 4.99 Å². The van der Waals surface area contributed by atoms with Crippen molar-refractivity contribution in [3.05, 3.63) is 52.7 Å². The summed E-state index contributed by atoms with van der Waals surface area (Å²) in [4.78, 5) is 18.0. The van der Waals surface area contributed by atoms with E-state index in [1.54, 1.807) is 17.7 Å². The summed E-state index contributed by atoms with van der Waals surface area (Å²) in [6.45, 7) is 0.463. The van der Waals surface area contributed by atoms with Crippen molar-refractivity contribution in [3.8, 4) is 0 Å². The molecule has 86 valence electrons. The van der Waals surface area contributed by atoms with E-state index in [4.69, 9.17) is 4.74 Å². The van der Waals surface area contributed by atoms with Crippen molar-refractivity contribution in [1.82, 2.24) is 9.47 Å². The predicted octanol–water partition coefficient (Wildman–Crippen LogP) is 1.21. The summed E-state index contributed by atoms with van der Waals surface area (Å²) in [6.07, 6.45) is 5.56. The summed E-state index contributed by atoms with van der Waals surface area (Å²) in [5.74, 6) is 2.25. The summed E-state index contributed by atoms with van der Waals surface area (Å²) in [7, 11) is 1.61. The smallest absolute Gasteiger partial charge is 0.253 e. The molecule has 0 bridgehead atoms. The Morgan fingerprint density at radius 3 is 3.06 bits per heavy atom. The number of allylic oxidation sites excluding steroid dienone is 1. The molecule has 0 aromatic carbocycles. The Labute approximate surface area is 98.0 Å². The number of aliphatic imine (C=N–C) groups is 1. The maximum Gasteiger partial charge on any atom is 0.253 e. The van der Waals surface area contributed by atoms with Crippen LogP contribution in [0, 0.1) is 0 Å². The largest absolute Gasteiger partial charge is 0.495 e. The molecule has 0 unspecified atom stereocenters. The highest BCUT2D eigenvalue weighted by atomic mass is 16.5. The zero-order valence-electron chi connectivity index (χ0n) is 9.33. The Morgan fingerprint density at radius 1 is 1.35 bits per heavy atom. The zero-order valence-corrected chi connectivity index (χ0v) is 9.33. The van der Waals surface area contributed by atoms with E-state index < -0.39 is 0 Å². The lowest BCUT2D eigenvalue weighted by Crippen LogP contribution is -2.36. The van der Waals surface area contributed by atoms with Crippen LogP contribution in [0.2, 0.25) is 0 Å². The molecule has 3 heterocycles. The van der Waals surface area contributed by atoms with Crippen LogP contribution in [0.15, 0.2) is 52.1 Å². The van der Waals surface area contributed by atoms with Gasteiger partial charge in [0, 0.05) is 12.3 Å². The molecular formula is C12H11N3O2. The first-order valence-corrected chi connectivity index (χ1v) is 5.27. The average molecular weight is 229 g/mol. The number of aromatic nitrogens is 1. The van der Waals surface area contributed by atoms with Gasteiger partial charge >= 0.3 is 0 Å². The van der Waals surface area contributed by atoms with Gasteiger partial charge in [-0.2, -0.15) is 0 Å². The number of fused-ring (bicyclic) bond motifs is 2. The number of methoxy groups -OCH3 is 1. The first-order chi connectivity index (χ1) is 8.28. The molecule has 0 saturated heterocycles. The van der Waals surface area contributed by atoms with Crippen molar-refractivity contribution in [3.63, 3.8) is 0 Å². The van der Waals surface area contributed by atoms with Gasteiger partial charge in [-0.3, -0.25) is 9.36 Å². The molecule has 0 N–H and O–H groups in total. The van der Waals surface area contributed by atoms with Gasteiger partial charge in [-0.1, -0.05) is 6.07 Å². The molecule has 3 rings (SSSR count). The summed E-state index contributed by atoms with van der Waals surface area (Å²) >= 11 is 0. The summed E-state index contributed by atoms with van der Waals surface area (Å²) < 4.78 is 6.77. The molecule has 0 fully saturated rings. The van der Waals surface area contributed by atoms with Crippen LogP contribution in [0.1, 0.15) is 0 Å². The van der Waals surface area contributed by atoms with Crippen molar-refractivity contribution < 1.29 is 4.74 Å². The fraction of sp³-hybridized carbons (Fsp3) is 0.167. The van der Waals surface area contributed by atoms with Crippen LogP contribution in [0.4, 0.5) is 5.82 Å². The van der Waals surface area contributed by atoms with Crippen molar-refractivity contribution in [2.75, 3.05) is 7.11 Å². The van der Waals surface area contributed by atoms with E-state index in [1.165, 1.54) is 6.07 Å². The average Bonchev–Trinajstić information content (AvgIpc) is 2.37. The second-order valence-electron chi connectivity index (χ2n) is 3.80. The minimum absolute atomic E-state index is 0.0489. The van der Waals surface area contributed by atoms with Crippen LogP contribution in [-0.2, 0) is 11.4 Å². The maximum atomic E-state index is 11.7. The third-order valence-corrected chi connectivity index (χ3v) is 2.76. The van der Waals surface area contributed by atoms with Crippen LogP contribution in [0.3, 0.4) is 0 Å². The fourth-order valence-electron chi connectivity index (χ4n) is 1.87. The molecule has 5 nitrogen and oxygen atoms in total. The summed E-state index contributed by atoms with van der Waals surface area (Å²) in [5, 5.41) is 0. The lowest BCUT2D eigenvalue weighted by molar-refractivity contribution is 0.289. The number of hydrogen-bond acceptors (Lipinski definition) is 4. The van der Waals surface area contributed by atoms with Crippen LogP contribution >= 0.6 is 0 Å². The predicted molar refractivity (Wildman–Crippen MR) is 63.9 cm³/mol. The molecular weight excluding hydrogens is 218 g/mol. The molecule has 0 saturated carbocycles. The third-order valence-electron chi connectivity index (χ3n) is 2.76. The van der Waals surface area contributed by atoms with Crippen LogP contribution in [0.25, 0.3) is 0 Å². The van der Waals surface area contributed by atoms with E-state index in [1.807, 2.05) is 29.3 Å². The first kappa shape index (κ1) is 9.89. The van der Waals surface area contributed by atoms with Gasteiger partial charge in [0.05, 0.1) is 7.11 Å². The second kappa shape index (κ2) is 3.62. The standard InChI is InChI=1S/C12H11N3O2/c1-17-9-5-6-10-13-11-3-2-4-12(16)15(11)8-14(10)7-9/h2-7H,8H2,1H3. The summed E-state index contributed by atoms with van der Waals surface area (Å²) in [5.41, 5.74) is -0.0489. The molecule has 1 aromatic rings. The van der Waals surface area contributed by atoms with E-state index in [0.717, 1.165) is 11.6 Å². The van der Waals surface area contributed by atoms with Gasteiger partial charge in [0.2, 0.25) is 0 Å². The highest BCUT2D eigenvalue weighted by molar-refractivity contribution is 5.97. The number of hydrogen-bond donors (Lipinski definition) is 0. The number of rotatable bonds is 1. The van der Waals surface area contributed by atoms with Gasteiger partial charge in [-0.05, 0) is 18.2 Å². The topological polar surface area (TPSA) is 46.8 Å². The number of pyridine rings is 1. The Kier molecular flexibility index (Phi) is 2.11. The first-order valence-electron chi connectivity index (χ1n) is 5.27. The minimum Gasteiger partial charge on any atom is -0.495 e.